The molecule has 318 valence electrons. The summed E-state index contributed by atoms with van der Waals surface area (Å²) in [5.74, 6) is 0. The van der Waals surface area contributed by atoms with E-state index < -0.39 is 0 Å². The minimum Gasteiger partial charge on any atom is -0.309 e. The summed E-state index contributed by atoms with van der Waals surface area (Å²) in [6, 6.07) is 87.2. The third-order valence-corrected chi connectivity index (χ3v) is 13.4. The van der Waals surface area contributed by atoms with Gasteiger partial charge < -0.3 is 9.13 Å². The summed E-state index contributed by atoms with van der Waals surface area (Å²) in [5.41, 5.74) is 18.0. The monoisotopic (exact) mass is 867 g/mol. The lowest BCUT2D eigenvalue weighted by Gasteiger charge is -2.11. The SMILES string of the molecule is [2H]c1c(-c2ccc3c(c2)c2cc(-c4ccc(-c5ccccc5)cc4)ccc2n3-c2ccc(-c3cccc(-c4ccccc4)c3)cc2)c([2H])c2c3ccccc3n(-c3cccc(-c4ccccc4)c3)c2c1[2H]. The summed E-state index contributed by atoms with van der Waals surface area (Å²) in [5, 5.41) is 3.61. The fourth-order valence-electron chi connectivity index (χ4n) is 10.1. The third-order valence-electron chi connectivity index (χ3n) is 13.4. The first-order valence-corrected chi connectivity index (χ1v) is 23.2. The van der Waals surface area contributed by atoms with Gasteiger partial charge in [0.15, 0.2) is 0 Å². The van der Waals surface area contributed by atoms with Crippen molar-refractivity contribution in [3.8, 4) is 78.1 Å². The molecule has 0 unspecified atom stereocenters. The summed E-state index contributed by atoms with van der Waals surface area (Å²) in [6.45, 7) is 0. The molecule has 0 aliphatic heterocycles. The Morgan fingerprint density at radius 3 is 1.22 bits per heavy atom. The highest BCUT2D eigenvalue weighted by Gasteiger charge is 2.18. The van der Waals surface area contributed by atoms with Crippen LogP contribution in [-0.2, 0) is 0 Å². The quantitative estimate of drug-likeness (QED) is 0.144. The van der Waals surface area contributed by atoms with Crippen molar-refractivity contribution < 1.29 is 4.11 Å². The minimum atomic E-state index is 0.0278. The van der Waals surface area contributed by atoms with Crippen LogP contribution in [0.4, 0.5) is 0 Å². The van der Waals surface area contributed by atoms with Crippen LogP contribution in [0.2, 0.25) is 0 Å². The first kappa shape index (κ1) is 36.3. The number of fused-ring (bicyclic) bond motifs is 6. The molecule has 0 N–H and O–H groups in total. The van der Waals surface area contributed by atoms with Gasteiger partial charge in [0.05, 0.1) is 26.2 Å². The molecule has 0 amide bonds. The first-order valence-electron chi connectivity index (χ1n) is 24.7. The molecule has 11 aromatic carbocycles. The van der Waals surface area contributed by atoms with Crippen LogP contribution in [0, 0.1) is 0 Å². The Morgan fingerprint density at radius 2 is 0.618 bits per heavy atom. The molecule has 0 bridgehead atoms. The van der Waals surface area contributed by atoms with E-state index in [1.54, 1.807) is 0 Å². The highest BCUT2D eigenvalue weighted by atomic mass is 15.0. The van der Waals surface area contributed by atoms with Gasteiger partial charge in [-0.1, -0.05) is 194 Å². The van der Waals surface area contributed by atoms with Gasteiger partial charge in [0, 0.05) is 32.9 Å². The van der Waals surface area contributed by atoms with E-state index in [0.29, 0.717) is 16.5 Å². The summed E-state index contributed by atoms with van der Waals surface area (Å²) >= 11 is 0. The normalized spacial score (nSPS) is 12.1. The summed E-state index contributed by atoms with van der Waals surface area (Å²) in [7, 11) is 0. The second-order valence-electron chi connectivity index (χ2n) is 17.5. The maximum absolute atomic E-state index is 10.0. The van der Waals surface area contributed by atoms with Crippen molar-refractivity contribution in [1.29, 1.82) is 0 Å². The largest absolute Gasteiger partial charge is 0.309 e. The zero-order valence-corrected chi connectivity index (χ0v) is 37.1. The lowest BCUT2D eigenvalue weighted by molar-refractivity contribution is 1.18. The van der Waals surface area contributed by atoms with E-state index in [-0.39, 0.29) is 18.1 Å². The molecule has 13 aromatic rings. The Labute approximate surface area is 400 Å². The molecule has 0 saturated heterocycles. The second kappa shape index (κ2) is 16.5. The van der Waals surface area contributed by atoms with Crippen molar-refractivity contribution >= 4 is 43.6 Å². The number of rotatable bonds is 8. The van der Waals surface area contributed by atoms with Crippen molar-refractivity contribution in [1.82, 2.24) is 9.13 Å². The maximum atomic E-state index is 10.0. The fourth-order valence-corrected chi connectivity index (χ4v) is 10.1. The number of aromatic nitrogens is 2. The van der Waals surface area contributed by atoms with E-state index in [4.69, 9.17) is 0 Å². The zero-order valence-electron chi connectivity index (χ0n) is 40.1. The lowest BCUT2D eigenvalue weighted by atomic mass is 9.98. The van der Waals surface area contributed by atoms with Gasteiger partial charge in [-0.2, -0.15) is 0 Å². The van der Waals surface area contributed by atoms with Gasteiger partial charge in [0.1, 0.15) is 0 Å². The van der Waals surface area contributed by atoms with E-state index in [9.17, 15) is 4.11 Å². The first-order chi connectivity index (χ1) is 35.0. The maximum Gasteiger partial charge on any atom is 0.0645 e. The predicted octanol–water partition coefficient (Wildman–Crippen LogP) is 17.9. The molecule has 0 aliphatic rings. The predicted molar refractivity (Wildman–Crippen MR) is 288 cm³/mol. The summed E-state index contributed by atoms with van der Waals surface area (Å²) in [6.07, 6.45) is 0. The molecule has 0 radical (unpaired) electrons. The van der Waals surface area contributed by atoms with Gasteiger partial charge in [0.2, 0.25) is 0 Å². The molecule has 2 nitrogen and oxygen atoms in total. The van der Waals surface area contributed by atoms with E-state index in [1.165, 1.54) is 22.3 Å². The van der Waals surface area contributed by atoms with Gasteiger partial charge in [0.25, 0.3) is 0 Å². The van der Waals surface area contributed by atoms with Crippen LogP contribution in [0.25, 0.3) is 122 Å². The molecule has 0 saturated carbocycles. The van der Waals surface area contributed by atoms with Gasteiger partial charge in [-0.15, -0.1) is 0 Å². The number of hydrogen-bond donors (Lipinski definition) is 0. The molecule has 0 aliphatic carbocycles. The van der Waals surface area contributed by atoms with Crippen LogP contribution in [0.1, 0.15) is 4.11 Å². The Bertz CT molecular complexity index is 4160. The van der Waals surface area contributed by atoms with Crippen molar-refractivity contribution in [2.24, 2.45) is 0 Å². The van der Waals surface area contributed by atoms with Crippen molar-refractivity contribution in [2.45, 2.75) is 0 Å². The van der Waals surface area contributed by atoms with Crippen molar-refractivity contribution in [2.75, 3.05) is 0 Å². The van der Waals surface area contributed by atoms with Crippen molar-refractivity contribution in [3.05, 3.63) is 267 Å². The average Bonchev–Trinajstić information content (AvgIpc) is 3.97. The van der Waals surface area contributed by atoms with Gasteiger partial charge in [-0.3, -0.25) is 0 Å². The number of benzene rings is 11. The number of nitrogens with zero attached hydrogens (tertiary/aromatic N) is 2. The van der Waals surface area contributed by atoms with E-state index >= 15 is 0 Å². The summed E-state index contributed by atoms with van der Waals surface area (Å²) < 4.78 is 33.9. The molecule has 2 heterocycles. The average molecular weight is 868 g/mol. The van der Waals surface area contributed by atoms with Crippen LogP contribution >= 0.6 is 0 Å². The van der Waals surface area contributed by atoms with Crippen LogP contribution in [0.3, 0.4) is 0 Å². The standard InChI is InChI=1S/C66H44N2/c1-4-14-45(15-5-1)48-26-28-49(29-27-48)54-32-37-65-61(42-54)62-44-56(34-39-66(62)67(65)57-35-30-50(31-36-57)52-21-12-20-51(40-52)46-16-6-2-7-17-46)55-33-38-64-60(43-55)59-24-10-11-25-63(59)68(64)58-23-13-22-53(41-58)47-18-8-3-9-19-47/h1-44H/i33D,38D,43D. The number of para-hydroxylation sites is 1. The topological polar surface area (TPSA) is 9.86 Å². The second-order valence-corrected chi connectivity index (χ2v) is 17.5. The smallest absolute Gasteiger partial charge is 0.0645 e. The van der Waals surface area contributed by atoms with Gasteiger partial charge >= 0.3 is 0 Å². The van der Waals surface area contributed by atoms with Crippen molar-refractivity contribution in [3.63, 3.8) is 0 Å². The molecule has 2 aromatic heterocycles. The zero-order chi connectivity index (χ0) is 47.6. The molecule has 68 heavy (non-hydrogen) atoms. The molecule has 13 rings (SSSR count). The Balaban J connectivity index is 0.976. The molecular weight excluding hydrogens is 821 g/mol. The molecule has 0 fully saturated rings. The number of hydrogen-bond acceptors (Lipinski definition) is 0. The van der Waals surface area contributed by atoms with Crippen LogP contribution in [0.5, 0.6) is 0 Å². The Hall–Kier alpha value is -8.98. The molecule has 0 atom stereocenters. The molecular formula is C66H44N2. The third kappa shape index (κ3) is 6.90. The van der Waals surface area contributed by atoms with Crippen LogP contribution < -0.4 is 0 Å². The van der Waals surface area contributed by atoms with Gasteiger partial charge in [-0.05, 0) is 140 Å². The summed E-state index contributed by atoms with van der Waals surface area (Å²) in [4.78, 5) is 0. The highest BCUT2D eigenvalue weighted by Crippen LogP contribution is 2.40. The Kier molecular flexibility index (Phi) is 8.78. The fraction of sp³-hybridized carbons (Fsp3) is 0. The van der Waals surface area contributed by atoms with E-state index in [0.717, 1.165) is 83.0 Å². The van der Waals surface area contributed by atoms with Crippen LogP contribution in [-0.4, -0.2) is 9.13 Å². The van der Waals surface area contributed by atoms with E-state index in [2.05, 4.69) is 191 Å². The van der Waals surface area contributed by atoms with E-state index in [1.807, 2.05) is 66.7 Å². The van der Waals surface area contributed by atoms with Crippen LogP contribution in [0.15, 0.2) is 267 Å². The lowest BCUT2D eigenvalue weighted by Crippen LogP contribution is -1.94. The van der Waals surface area contributed by atoms with Gasteiger partial charge in [-0.25, -0.2) is 0 Å². The molecule has 0 spiro atoms. The highest BCUT2D eigenvalue weighted by molar-refractivity contribution is 6.13. The minimum absolute atomic E-state index is 0.0278. The molecule has 2 heteroatoms. The Morgan fingerprint density at radius 1 is 0.221 bits per heavy atom.